The molecule has 3 N–H and O–H groups in total. The molecule has 0 spiro atoms. The fourth-order valence-electron chi connectivity index (χ4n) is 2.39. The number of hydrogen-bond donors (Lipinski definition) is 3. The van der Waals surface area contributed by atoms with Crippen molar-refractivity contribution in [3.63, 3.8) is 0 Å². The summed E-state index contributed by atoms with van der Waals surface area (Å²) in [7, 11) is 0. The van der Waals surface area contributed by atoms with E-state index in [2.05, 4.69) is 10.3 Å². The molecule has 0 saturated carbocycles. The van der Waals surface area contributed by atoms with Crippen LogP contribution in [0.5, 0.6) is 0 Å². The van der Waals surface area contributed by atoms with Crippen molar-refractivity contribution in [1.82, 2.24) is 4.98 Å². The number of carbonyl (C=O) groups excluding carboxylic acids is 1. The molecule has 0 radical (unpaired) electrons. The maximum Gasteiger partial charge on any atom is 0.303 e. The van der Waals surface area contributed by atoms with Crippen LogP contribution in [0.15, 0.2) is 42.6 Å². The largest absolute Gasteiger partial charge is 0.481 e. The van der Waals surface area contributed by atoms with Crippen LogP contribution >= 0.6 is 0 Å². The molecular weight excluding hydrogens is 292 g/mol. The quantitative estimate of drug-likeness (QED) is 0.615. The highest BCUT2D eigenvalue weighted by molar-refractivity contribution is 6.04. The van der Waals surface area contributed by atoms with E-state index in [1.807, 2.05) is 36.4 Å². The normalized spacial score (nSPS) is 10.4. The summed E-state index contributed by atoms with van der Waals surface area (Å²) in [6.07, 6.45) is 6.47. The average Bonchev–Trinajstić information content (AvgIpc) is 3.00. The van der Waals surface area contributed by atoms with E-state index in [1.54, 1.807) is 6.20 Å². The lowest BCUT2D eigenvalue weighted by molar-refractivity contribution is -0.137. The molecule has 2 aromatic rings. The Balaban J connectivity index is 1.72. The molecule has 0 fully saturated rings. The molecule has 0 saturated heterocycles. The van der Waals surface area contributed by atoms with Gasteiger partial charge in [-0.25, -0.2) is 0 Å². The summed E-state index contributed by atoms with van der Waals surface area (Å²) in [6, 6.07) is 11.2. The zero-order valence-corrected chi connectivity index (χ0v) is 13.0. The number of amides is 1. The summed E-state index contributed by atoms with van der Waals surface area (Å²) < 4.78 is 0. The maximum absolute atomic E-state index is 12.1. The molecule has 23 heavy (non-hydrogen) atoms. The lowest BCUT2D eigenvalue weighted by atomic mass is 10.1. The lowest BCUT2D eigenvalue weighted by Crippen LogP contribution is -2.10. The highest BCUT2D eigenvalue weighted by Crippen LogP contribution is 2.12. The SMILES string of the molecule is O=C(O)CCCCCCc1cc(C(=O)Nc2ccccc2)c[nH]1. The van der Waals surface area contributed by atoms with Gasteiger partial charge in [-0.2, -0.15) is 0 Å². The Labute approximate surface area is 135 Å². The van der Waals surface area contributed by atoms with E-state index >= 15 is 0 Å². The van der Waals surface area contributed by atoms with Crippen molar-refractivity contribution in [2.24, 2.45) is 0 Å². The van der Waals surface area contributed by atoms with Gasteiger partial charge in [-0.15, -0.1) is 0 Å². The Morgan fingerprint density at radius 2 is 1.78 bits per heavy atom. The van der Waals surface area contributed by atoms with E-state index in [0.717, 1.165) is 43.5 Å². The minimum absolute atomic E-state index is 0.125. The molecule has 5 heteroatoms. The van der Waals surface area contributed by atoms with E-state index in [-0.39, 0.29) is 12.3 Å². The second-order valence-corrected chi connectivity index (χ2v) is 5.54. The van der Waals surface area contributed by atoms with Crippen LogP contribution in [0.3, 0.4) is 0 Å². The Morgan fingerprint density at radius 1 is 1.04 bits per heavy atom. The molecule has 2 rings (SSSR count). The Morgan fingerprint density at radius 3 is 2.52 bits per heavy atom. The first kappa shape index (κ1) is 16.8. The monoisotopic (exact) mass is 314 g/mol. The van der Waals surface area contributed by atoms with Crippen molar-refractivity contribution in [1.29, 1.82) is 0 Å². The van der Waals surface area contributed by atoms with Crippen molar-refractivity contribution < 1.29 is 14.7 Å². The number of carboxylic acids is 1. The molecule has 122 valence electrons. The van der Waals surface area contributed by atoms with Crippen LogP contribution in [0.25, 0.3) is 0 Å². The minimum Gasteiger partial charge on any atom is -0.481 e. The summed E-state index contributed by atoms with van der Waals surface area (Å²) in [5.41, 5.74) is 2.43. The Kier molecular flexibility index (Phi) is 6.41. The summed E-state index contributed by atoms with van der Waals surface area (Å²) in [6.45, 7) is 0. The number of rotatable bonds is 9. The summed E-state index contributed by atoms with van der Waals surface area (Å²) in [5.74, 6) is -0.858. The first-order chi connectivity index (χ1) is 11.1. The molecule has 0 aliphatic rings. The van der Waals surface area contributed by atoms with Gasteiger partial charge in [0.2, 0.25) is 0 Å². The molecule has 0 aliphatic heterocycles. The highest BCUT2D eigenvalue weighted by atomic mass is 16.4. The molecule has 5 nitrogen and oxygen atoms in total. The van der Waals surface area contributed by atoms with E-state index < -0.39 is 5.97 Å². The first-order valence-electron chi connectivity index (χ1n) is 7.90. The van der Waals surface area contributed by atoms with Gasteiger partial charge in [0, 0.05) is 24.0 Å². The van der Waals surface area contributed by atoms with Gasteiger partial charge in [0.15, 0.2) is 0 Å². The third-order valence-electron chi connectivity index (χ3n) is 3.62. The third-order valence-corrected chi connectivity index (χ3v) is 3.62. The smallest absolute Gasteiger partial charge is 0.303 e. The zero-order chi connectivity index (χ0) is 16.5. The van der Waals surface area contributed by atoms with Crippen LogP contribution in [-0.4, -0.2) is 22.0 Å². The number of para-hydroxylation sites is 1. The summed E-state index contributed by atoms with van der Waals surface area (Å²) >= 11 is 0. The molecule has 0 unspecified atom stereocenters. The van der Waals surface area contributed by atoms with Gasteiger partial charge >= 0.3 is 5.97 Å². The molecule has 1 amide bonds. The zero-order valence-electron chi connectivity index (χ0n) is 13.0. The van der Waals surface area contributed by atoms with E-state index in [9.17, 15) is 9.59 Å². The number of H-pyrrole nitrogens is 1. The number of benzene rings is 1. The van der Waals surface area contributed by atoms with Crippen molar-refractivity contribution in [3.8, 4) is 0 Å². The number of unbranched alkanes of at least 4 members (excludes halogenated alkanes) is 3. The van der Waals surface area contributed by atoms with Crippen LogP contribution < -0.4 is 5.32 Å². The second kappa shape index (κ2) is 8.78. The number of aromatic amines is 1. The van der Waals surface area contributed by atoms with Gasteiger partial charge in [0.25, 0.3) is 5.91 Å². The minimum atomic E-state index is -0.733. The van der Waals surface area contributed by atoms with Crippen molar-refractivity contribution in [3.05, 3.63) is 53.9 Å². The van der Waals surface area contributed by atoms with Gasteiger partial charge in [0.1, 0.15) is 0 Å². The number of hydrogen-bond acceptors (Lipinski definition) is 2. The van der Waals surface area contributed by atoms with Gasteiger partial charge in [0.05, 0.1) is 5.56 Å². The third kappa shape index (κ3) is 5.98. The first-order valence-corrected chi connectivity index (χ1v) is 7.90. The molecular formula is C18H22N2O3. The van der Waals surface area contributed by atoms with E-state index in [0.29, 0.717) is 5.56 Å². The van der Waals surface area contributed by atoms with Gasteiger partial charge in [-0.05, 0) is 37.5 Å². The van der Waals surface area contributed by atoms with E-state index in [1.165, 1.54) is 0 Å². The summed E-state index contributed by atoms with van der Waals surface area (Å²) in [5, 5.41) is 11.4. The fourth-order valence-corrected chi connectivity index (χ4v) is 2.39. The molecule has 0 aliphatic carbocycles. The number of anilines is 1. The number of aromatic nitrogens is 1. The van der Waals surface area contributed by atoms with Crippen LogP contribution in [0.1, 0.15) is 48.2 Å². The second-order valence-electron chi connectivity index (χ2n) is 5.54. The van der Waals surface area contributed by atoms with Crippen LogP contribution in [0, 0.1) is 0 Å². The Bertz CT molecular complexity index is 635. The summed E-state index contributed by atoms with van der Waals surface area (Å²) in [4.78, 5) is 25.7. The van der Waals surface area contributed by atoms with Crippen molar-refractivity contribution in [2.45, 2.75) is 38.5 Å². The van der Waals surface area contributed by atoms with Crippen molar-refractivity contribution in [2.75, 3.05) is 5.32 Å². The maximum atomic E-state index is 12.1. The van der Waals surface area contributed by atoms with Crippen LogP contribution in [-0.2, 0) is 11.2 Å². The van der Waals surface area contributed by atoms with Gasteiger partial charge < -0.3 is 15.4 Å². The predicted molar refractivity (Wildman–Crippen MR) is 89.6 cm³/mol. The lowest BCUT2D eigenvalue weighted by Gasteiger charge is -2.02. The molecule has 1 aromatic heterocycles. The highest BCUT2D eigenvalue weighted by Gasteiger charge is 2.08. The van der Waals surface area contributed by atoms with Crippen LogP contribution in [0.2, 0.25) is 0 Å². The topological polar surface area (TPSA) is 82.2 Å². The predicted octanol–water partition coefficient (Wildman–Crippen LogP) is 3.84. The molecule has 0 atom stereocenters. The number of nitrogens with one attached hydrogen (secondary N) is 2. The molecule has 0 bridgehead atoms. The Hall–Kier alpha value is -2.56. The number of carboxylic acid groups (broad SMARTS) is 1. The van der Waals surface area contributed by atoms with Crippen molar-refractivity contribution >= 4 is 17.6 Å². The van der Waals surface area contributed by atoms with Gasteiger partial charge in [-0.1, -0.05) is 31.0 Å². The van der Waals surface area contributed by atoms with Gasteiger partial charge in [-0.3, -0.25) is 9.59 Å². The standard InChI is InChI=1S/C18H22N2O3/c21-17(22)11-7-2-1-4-10-16-12-14(13-19-16)18(23)20-15-8-5-3-6-9-15/h3,5-6,8-9,12-13,19H,1-2,4,7,10-11H2,(H,20,23)(H,21,22). The number of aryl methyl sites for hydroxylation is 1. The number of carbonyl (C=O) groups is 2. The van der Waals surface area contributed by atoms with Crippen LogP contribution in [0.4, 0.5) is 5.69 Å². The molecule has 1 heterocycles. The average molecular weight is 314 g/mol. The number of aliphatic carboxylic acids is 1. The van der Waals surface area contributed by atoms with E-state index in [4.69, 9.17) is 5.11 Å². The fraction of sp³-hybridized carbons (Fsp3) is 0.333. The molecule has 1 aromatic carbocycles.